The van der Waals surface area contributed by atoms with Gasteiger partial charge in [0.15, 0.2) is 5.79 Å². The maximum absolute atomic E-state index is 13.7. The first kappa shape index (κ1) is 37.0. The molecular formula is C37H60N2O6. The zero-order chi connectivity index (χ0) is 32.7. The zero-order valence-electron chi connectivity index (χ0n) is 28.7. The van der Waals surface area contributed by atoms with Crippen LogP contribution in [0.2, 0.25) is 0 Å². The van der Waals surface area contributed by atoms with Crippen LogP contribution in [0.1, 0.15) is 130 Å². The number of esters is 1. The number of hydrogen-bond donors (Lipinski definition) is 2. The van der Waals surface area contributed by atoms with Crippen molar-refractivity contribution in [2.24, 2.45) is 11.3 Å². The predicted octanol–water partition coefficient (Wildman–Crippen LogP) is 7.03. The Balaban J connectivity index is 1.48. The summed E-state index contributed by atoms with van der Waals surface area (Å²) in [5.74, 6) is -1.52. The van der Waals surface area contributed by atoms with Gasteiger partial charge in [0, 0.05) is 17.9 Å². The second kappa shape index (κ2) is 18.6. The van der Waals surface area contributed by atoms with E-state index < -0.39 is 17.3 Å². The molecule has 2 aliphatic rings. The summed E-state index contributed by atoms with van der Waals surface area (Å²) in [4.78, 5) is 39.4. The van der Waals surface area contributed by atoms with E-state index in [0.29, 0.717) is 13.0 Å². The molecule has 4 atom stereocenters. The largest absolute Gasteiger partial charge is 0.460 e. The Morgan fingerprint density at radius 3 is 2.31 bits per heavy atom. The molecule has 4 unspecified atom stereocenters. The van der Waals surface area contributed by atoms with E-state index in [2.05, 4.69) is 29.7 Å². The lowest BCUT2D eigenvalue weighted by atomic mass is 9.85. The fourth-order valence-corrected chi connectivity index (χ4v) is 6.38. The van der Waals surface area contributed by atoms with Crippen LogP contribution in [0.25, 0.3) is 0 Å². The number of carbonyl (C=O) groups is 3. The van der Waals surface area contributed by atoms with Crippen molar-refractivity contribution >= 4 is 17.8 Å². The minimum Gasteiger partial charge on any atom is -0.460 e. The first-order chi connectivity index (χ1) is 21.5. The highest BCUT2D eigenvalue weighted by Crippen LogP contribution is 2.35. The molecule has 1 saturated heterocycles. The molecule has 1 aliphatic carbocycles. The van der Waals surface area contributed by atoms with E-state index in [1.165, 1.54) is 44.1 Å². The fourth-order valence-electron chi connectivity index (χ4n) is 6.38. The molecule has 0 spiro atoms. The monoisotopic (exact) mass is 628 g/mol. The van der Waals surface area contributed by atoms with Crippen molar-refractivity contribution in [3.8, 4) is 0 Å². The molecule has 2 amide bonds. The normalized spacial score (nSPS) is 23.1. The first-order valence-corrected chi connectivity index (χ1v) is 17.6. The molecule has 1 heterocycles. The van der Waals surface area contributed by atoms with Gasteiger partial charge in [-0.05, 0) is 51.5 Å². The summed E-state index contributed by atoms with van der Waals surface area (Å²) >= 11 is 0. The van der Waals surface area contributed by atoms with Gasteiger partial charge in [-0.1, -0.05) is 109 Å². The topological polar surface area (TPSA) is 103 Å². The second-order valence-corrected chi connectivity index (χ2v) is 14.3. The smallest absolute Gasteiger partial charge is 0.307 e. The quantitative estimate of drug-likeness (QED) is 0.134. The van der Waals surface area contributed by atoms with E-state index in [1.807, 2.05) is 32.0 Å². The number of nitrogens with one attached hydrogen (secondary N) is 2. The molecule has 0 radical (unpaired) electrons. The van der Waals surface area contributed by atoms with Crippen LogP contribution >= 0.6 is 0 Å². The number of rotatable bonds is 18. The first-order valence-electron chi connectivity index (χ1n) is 17.6. The number of amides is 2. The Morgan fingerprint density at radius 1 is 0.933 bits per heavy atom. The third-order valence-corrected chi connectivity index (χ3v) is 9.18. The van der Waals surface area contributed by atoms with E-state index in [-0.39, 0.29) is 48.8 Å². The van der Waals surface area contributed by atoms with E-state index in [1.54, 1.807) is 13.8 Å². The van der Waals surface area contributed by atoms with E-state index >= 15 is 0 Å². The lowest BCUT2D eigenvalue weighted by molar-refractivity contribution is -0.304. The standard InChI is InChI=1S/C37H60N2O6/c1-6-7-8-9-10-11-12-16-21-29(26-28-19-14-13-15-20-28)34(41)39-30-22-17-18-23-31(30)44-32(40)24-25-38-35(42)33-36(2,3)27-43-37(4,5)45-33/h13-15,19-20,29-31,33H,6-12,16-18,21-27H2,1-5H3,(H,38,42)(H,39,41). The molecule has 2 N–H and O–H groups in total. The molecule has 3 rings (SSSR count). The Bertz CT molecular complexity index is 1040. The molecular weight excluding hydrogens is 568 g/mol. The minimum absolute atomic E-state index is 0.0593. The summed E-state index contributed by atoms with van der Waals surface area (Å²) in [6.07, 6.45) is 14.0. The van der Waals surface area contributed by atoms with Crippen LogP contribution in [0.15, 0.2) is 30.3 Å². The Hall–Kier alpha value is -2.45. The zero-order valence-corrected chi connectivity index (χ0v) is 28.7. The third kappa shape index (κ3) is 13.1. The SMILES string of the molecule is CCCCCCCCCCC(Cc1ccccc1)C(=O)NC1CCCCC1OC(=O)CCNC(=O)C1OC(C)(C)OCC1(C)C. The van der Waals surface area contributed by atoms with Crippen molar-refractivity contribution in [3.05, 3.63) is 35.9 Å². The van der Waals surface area contributed by atoms with Crippen LogP contribution in [0.3, 0.4) is 0 Å². The molecule has 2 fully saturated rings. The maximum Gasteiger partial charge on any atom is 0.307 e. The molecule has 1 aromatic rings. The van der Waals surface area contributed by atoms with Gasteiger partial charge in [-0.15, -0.1) is 0 Å². The molecule has 8 heteroatoms. The second-order valence-electron chi connectivity index (χ2n) is 14.3. The van der Waals surface area contributed by atoms with Crippen LogP contribution in [-0.2, 0) is 35.0 Å². The average Bonchev–Trinajstić information content (AvgIpc) is 3.00. The van der Waals surface area contributed by atoms with Crippen LogP contribution in [0, 0.1) is 11.3 Å². The van der Waals surface area contributed by atoms with E-state index in [9.17, 15) is 14.4 Å². The van der Waals surface area contributed by atoms with Gasteiger partial charge >= 0.3 is 5.97 Å². The van der Waals surface area contributed by atoms with Gasteiger partial charge in [-0.2, -0.15) is 0 Å². The fraction of sp³-hybridized carbons (Fsp3) is 0.757. The van der Waals surface area contributed by atoms with Gasteiger partial charge in [-0.3, -0.25) is 14.4 Å². The van der Waals surface area contributed by atoms with Crippen LogP contribution in [0.5, 0.6) is 0 Å². The van der Waals surface area contributed by atoms with Crippen molar-refractivity contribution in [3.63, 3.8) is 0 Å². The average molecular weight is 629 g/mol. The maximum atomic E-state index is 13.7. The molecule has 0 bridgehead atoms. The van der Waals surface area contributed by atoms with E-state index in [0.717, 1.165) is 44.9 Å². The summed E-state index contributed by atoms with van der Waals surface area (Å²) < 4.78 is 17.5. The number of ether oxygens (including phenoxy) is 3. The molecule has 1 aliphatic heterocycles. The Kier molecular flexibility index (Phi) is 15.3. The number of unbranched alkanes of at least 4 members (excludes halogenated alkanes) is 7. The third-order valence-electron chi connectivity index (χ3n) is 9.18. The van der Waals surface area contributed by atoms with Crippen LogP contribution in [-0.4, -0.2) is 55.0 Å². The Morgan fingerprint density at radius 2 is 1.60 bits per heavy atom. The highest BCUT2D eigenvalue weighted by Gasteiger charge is 2.45. The van der Waals surface area contributed by atoms with Gasteiger partial charge in [0.2, 0.25) is 11.8 Å². The number of carbonyl (C=O) groups excluding carboxylic acids is 3. The van der Waals surface area contributed by atoms with Gasteiger partial charge in [-0.25, -0.2) is 0 Å². The van der Waals surface area contributed by atoms with Gasteiger partial charge in [0.25, 0.3) is 0 Å². The molecule has 1 saturated carbocycles. The van der Waals surface area contributed by atoms with Crippen molar-refractivity contribution in [1.29, 1.82) is 0 Å². The van der Waals surface area contributed by atoms with E-state index in [4.69, 9.17) is 14.2 Å². The lowest BCUT2D eigenvalue weighted by Gasteiger charge is -2.44. The molecule has 8 nitrogen and oxygen atoms in total. The van der Waals surface area contributed by atoms with Crippen molar-refractivity contribution in [2.45, 2.75) is 155 Å². The summed E-state index contributed by atoms with van der Waals surface area (Å²) in [5, 5.41) is 6.14. The predicted molar refractivity (Wildman–Crippen MR) is 177 cm³/mol. The highest BCUT2D eigenvalue weighted by molar-refractivity contribution is 5.82. The lowest BCUT2D eigenvalue weighted by Crippen LogP contribution is -2.56. The van der Waals surface area contributed by atoms with Crippen molar-refractivity contribution in [1.82, 2.24) is 10.6 Å². The van der Waals surface area contributed by atoms with Crippen LogP contribution < -0.4 is 10.6 Å². The number of benzene rings is 1. The van der Waals surface area contributed by atoms with Crippen LogP contribution in [0.4, 0.5) is 0 Å². The minimum atomic E-state index is -0.842. The summed E-state index contributed by atoms with van der Waals surface area (Å²) in [5.41, 5.74) is 0.685. The molecule has 0 aromatic heterocycles. The summed E-state index contributed by atoms with van der Waals surface area (Å²) in [6.45, 7) is 10.2. The van der Waals surface area contributed by atoms with Gasteiger partial charge < -0.3 is 24.8 Å². The molecule has 45 heavy (non-hydrogen) atoms. The molecule has 1 aromatic carbocycles. The van der Waals surface area contributed by atoms with Gasteiger partial charge in [0.05, 0.1) is 19.1 Å². The summed E-state index contributed by atoms with van der Waals surface area (Å²) in [7, 11) is 0. The summed E-state index contributed by atoms with van der Waals surface area (Å²) in [6, 6.07) is 10.0. The van der Waals surface area contributed by atoms with Crippen molar-refractivity contribution in [2.75, 3.05) is 13.2 Å². The highest BCUT2D eigenvalue weighted by atomic mass is 16.7. The van der Waals surface area contributed by atoms with Crippen molar-refractivity contribution < 1.29 is 28.6 Å². The number of hydrogen-bond acceptors (Lipinski definition) is 6. The Labute approximate surface area is 272 Å². The van der Waals surface area contributed by atoms with Gasteiger partial charge in [0.1, 0.15) is 12.2 Å². The molecule has 254 valence electrons.